The van der Waals surface area contributed by atoms with Crippen LogP contribution >= 0.6 is 12.2 Å². The minimum atomic E-state index is -0.375. The van der Waals surface area contributed by atoms with Crippen molar-refractivity contribution in [2.24, 2.45) is 0 Å². The molecule has 0 aliphatic heterocycles. The minimum Gasteiger partial charge on any atom is -0.462 e. The van der Waals surface area contributed by atoms with Gasteiger partial charge in [0.15, 0.2) is 5.11 Å². The van der Waals surface area contributed by atoms with Gasteiger partial charge < -0.3 is 10.1 Å². The molecule has 0 fully saturated rings. The highest BCUT2D eigenvalue weighted by atomic mass is 32.1. The van der Waals surface area contributed by atoms with Gasteiger partial charge in [0.25, 0.3) is 5.91 Å². The molecule has 2 aromatic rings. The van der Waals surface area contributed by atoms with E-state index < -0.39 is 0 Å². The highest BCUT2D eigenvalue weighted by molar-refractivity contribution is 7.80. The number of amides is 1. The lowest BCUT2D eigenvalue weighted by molar-refractivity contribution is 0.0526. The SMILES string of the molecule is CCOC(=O)c1ccc(NC(=S)NNC(=O)c2ccccc2)cc1. The topological polar surface area (TPSA) is 79.5 Å². The summed E-state index contributed by atoms with van der Waals surface area (Å²) in [6.45, 7) is 2.08. The molecule has 0 heterocycles. The van der Waals surface area contributed by atoms with Crippen molar-refractivity contribution in [3.05, 3.63) is 65.7 Å². The van der Waals surface area contributed by atoms with E-state index in [1.165, 1.54) is 0 Å². The fourth-order valence-corrected chi connectivity index (χ4v) is 2.01. The normalized spacial score (nSPS) is 9.71. The van der Waals surface area contributed by atoms with E-state index in [0.29, 0.717) is 23.4 Å². The molecule has 0 radical (unpaired) electrons. The number of anilines is 1. The van der Waals surface area contributed by atoms with Crippen molar-refractivity contribution in [1.82, 2.24) is 10.9 Å². The quantitative estimate of drug-likeness (QED) is 0.450. The van der Waals surface area contributed by atoms with Crippen LogP contribution in [0.3, 0.4) is 0 Å². The summed E-state index contributed by atoms with van der Waals surface area (Å²) in [4.78, 5) is 23.4. The summed E-state index contributed by atoms with van der Waals surface area (Å²) in [6, 6.07) is 15.4. The number of carbonyl (C=O) groups is 2. The van der Waals surface area contributed by atoms with Crippen LogP contribution in [0.25, 0.3) is 0 Å². The number of ether oxygens (including phenoxy) is 1. The fraction of sp³-hybridized carbons (Fsp3) is 0.118. The molecule has 124 valence electrons. The van der Waals surface area contributed by atoms with Crippen molar-refractivity contribution >= 4 is 34.9 Å². The highest BCUT2D eigenvalue weighted by Gasteiger charge is 2.07. The van der Waals surface area contributed by atoms with Crippen LogP contribution in [0.15, 0.2) is 54.6 Å². The van der Waals surface area contributed by atoms with Crippen molar-refractivity contribution in [2.45, 2.75) is 6.92 Å². The molecular weight excluding hydrogens is 326 g/mol. The first-order chi connectivity index (χ1) is 11.6. The number of rotatable bonds is 4. The molecule has 2 aromatic carbocycles. The monoisotopic (exact) mass is 343 g/mol. The molecule has 0 unspecified atom stereocenters. The number of hydrogen-bond acceptors (Lipinski definition) is 4. The maximum atomic E-state index is 11.9. The molecular formula is C17H17N3O3S. The molecule has 0 bridgehead atoms. The van der Waals surface area contributed by atoms with Crippen molar-refractivity contribution < 1.29 is 14.3 Å². The molecule has 3 N–H and O–H groups in total. The van der Waals surface area contributed by atoms with Gasteiger partial charge in [-0.3, -0.25) is 15.6 Å². The average Bonchev–Trinajstić information content (AvgIpc) is 2.61. The van der Waals surface area contributed by atoms with Gasteiger partial charge in [0.2, 0.25) is 0 Å². The standard InChI is InChI=1S/C17H17N3O3S/c1-2-23-16(22)13-8-10-14(11-9-13)18-17(24)20-19-15(21)12-6-4-3-5-7-12/h3-11H,2H2,1H3,(H,19,21)(H2,18,20,24). The van der Waals surface area contributed by atoms with Crippen molar-refractivity contribution in [1.29, 1.82) is 0 Å². The molecule has 0 saturated carbocycles. The lowest BCUT2D eigenvalue weighted by atomic mass is 10.2. The van der Waals surface area contributed by atoms with Gasteiger partial charge in [-0.2, -0.15) is 0 Å². The third-order valence-electron chi connectivity index (χ3n) is 2.98. The summed E-state index contributed by atoms with van der Waals surface area (Å²) >= 11 is 5.10. The van der Waals surface area contributed by atoms with Crippen LogP contribution < -0.4 is 16.2 Å². The van der Waals surface area contributed by atoms with Crippen LogP contribution in [0.1, 0.15) is 27.6 Å². The summed E-state index contributed by atoms with van der Waals surface area (Å²) in [5.74, 6) is -0.669. The van der Waals surface area contributed by atoms with Gasteiger partial charge in [0, 0.05) is 11.3 Å². The van der Waals surface area contributed by atoms with Gasteiger partial charge in [0.1, 0.15) is 0 Å². The lowest BCUT2D eigenvalue weighted by Crippen LogP contribution is -2.43. The van der Waals surface area contributed by atoms with Gasteiger partial charge in [-0.1, -0.05) is 18.2 Å². The second-order valence-electron chi connectivity index (χ2n) is 4.70. The molecule has 7 heteroatoms. The Morgan fingerprint density at radius 3 is 2.25 bits per heavy atom. The van der Waals surface area contributed by atoms with Crippen molar-refractivity contribution in [2.75, 3.05) is 11.9 Å². The number of hydrogen-bond donors (Lipinski definition) is 3. The van der Waals surface area contributed by atoms with Crippen LogP contribution in [-0.4, -0.2) is 23.6 Å². The van der Waals surface area contributed by atoms with Crippen LogP contribution in [0, 0.1) is 0 Å². The van der Waals surface area contributed by atoms with E-state index in [0.717, 1.165) is 0 Å². The Balaban J connectivity index is 1.84. The predicted octanol–water partition coefficient (Wildman–Crippen LogP) is 2.49. The van der Waals surface area contributed by atoms with E-state index >= 15 is 0 Å². The number of esters is 1. The maximum Gasteiger partial charge on any atom is 0.338 e. The average molecular weight is 343 g/mol. The fourth-order valence-electron chi connectivity index (χ4n) is 1.84. The molecule has 24 heavy (non-hydrogen) atoms. The molecule has 0 aliphatic rings. The van der Waals surface area contributed by atoms with Crippen LogP contribution in [-0.2, 0) is 4.74 Å². The molecule has 6 nitrogen and oxygen atoms in total. The van der Waals surface area contributed by atoms with Gasteiger partial charge in [-0.05, 0) is 55.5 Å². The van der Waals surface area contributed by atoms with E-state index in [2.05, 4.69) is 16.2 Å². The number of thiocarbonyl (C=S) groups is 1. The number of nitrogens with one attached hydrogen (secondary N) is 3. The zero-order chi connectivity index (χ0) is 17.4. The first-order valence-electron chi connectivity index (χ1n) is 7.29. The second-order valence-corrected chi connectivity index (χ2v) is 5.11. The molecule has 0 spiro atoms. The van der Waals surface area contributed by atoms with E-state index in [-0.39, 0.29) is 17.0 Å². The van der Waals surface area contributed by atoms with Gasteiger partial charge in [-0.15, -0.1) is 0 Å². The van der Waals surface area contributed by atoms with Crippen LogP contribution in [0.4, 0.5) is 5.69 Å². The predicted molar refractivity (Wildman–Crippen MR) is 95.7 cm³/mol. The van der Waals surface area contributed by atoms with Crippen molar-refractivity contribution in [3.63, 3.8) is 0 Å². The Bertz CT molecular complexity index is 718. The second kappa shape index (κ2) is 8.64. The lowest BCUT2D eigenvalue weighted by Gasteiger charge is -2.12. The van der Waals surface area contributed by atoms with E-state index in [4.69, 9.17) is 17.0 Å². The molecule has 1 amide bonds. The molecule has 0 atom stereocenters. The molecule has 0 saturated heterocycles. The highest BCUT2D eigenvalue weighted by Crippen LogP contribution is 2.10. The molecule has 0 aromatic heterocycles. The summed E-state index contributed by atoms with van der Waals surface area (Å²) in [7, 11) is 0. The zero-order valence-electron chi connectivity index (χ0n) is 13.0. The number of carbonyl (C=O) groups excluding carboxylic acids is 2. The Morgan fingerprint density at radius 2 is 1.62 bits per heavy atom. The summed E-state index contributed by atoms with van der Waals surface area (Å²) in [5.41, 5.74) is 6.77. The zero-order valence-corrected chi connectivity index (χ0v) is 13.9. The largest absolute Gasteiger partial charge is 0.462 e. The van der Waals surface area contributed by atoms with Gasteiger partial charge in [0.05, 0.1) is 12.2 Å². The molecule has 2 rings (SSSR count). The maximum absolute atomic E-state index is 11.9. The van der Waals surface area contributed by atoms with Gasteiger partial charge in [-0.25, -0.2) is 4.79 Å². The third-order valence-corrected chi connectivity index (χ3v) is 3.18. The Hall–Kier alpha value is -2.93. The van der Waals surface area contributed by atoms with Crippen LogP contribution in [0.5, 0.6) is 0 Å². The van der Waals surface area contributed by atoms with E-state index in [9.17, 15) is 9.59 Å². The van der Waals surface area contributed by atoms with Crippen molar-refractivity contribution in [3.8, 4) is 0 Å². The minimum absolute atomic E-state index is 0.225. The summed E-state index contributed by atoms with van der Waals surface area (Å²) in [6.07, 6.45) is 0. The first-order valence-corrected chi connectivity index (χ1v) is 7.70. The van der Waals surface area contributed by atoms with Gasteiger partial charge >= 0.3 is 5.97 Å². The van der Waals surface area contributed by atoms with E-state index in [1.807, 2.05) is 6.07 Å². The van der Waals surface area contributed by atoms with E-state index in [1.54, 1.807) is 55.5 Å². The Morgan fingerprint density at radius 1 is 0.958 bits per heavy atom. The number of hydrazine groups is 1. The first kappa shape index (κ1) is 17.4. The smallest absolute Gasteiger partial charge is 0.338 e. The molecule has 0 aliphatic carbocycles. The third kappa shape index (κ3) is 5.06. The van der Waals surface area contributed by atoms with Crippen LogP contribution in [0.2, 0.25) is 0 Å². The Labute approximate surface area is 145 Å². The summed E-state index contributed by atoms with van der Waals surface area (Å²) in [5, 5.41) is 3.13. The summed E-state index contributed by atoms with van der Waals surface area (Å²) < 4.78 is 4.91. The Kier molecular flexibility index (Phi) is 6.27. The number of benzene rings is 2.